The quantitative estimate of drug-likeness (QED) is 0.571. The number of carboxylic acids is 1. The summed E-state index contributed by atoms with van der Waals surface area (Å²) in [6, 6.07) is 9.65. The smallest absolute Gasteiger partial charge is 0.326 e. The first kappa shape index (κ1) is 20.5. The van der Waals surface area contributed by atoms with E-state index in [-0.39, 0.29) is 18.7 Å². The second-order valence-corrected chi connectivity index (χ2v) is 7.60. The van der Waals surface area contributed by atoms with Crippen LogP contribution in [-0.2, 0) is 22.6 Å². The topological polar surface area (TPSA) is 104 Å². The molecule has 1 aliphatic heterocycles. The molecule has 0 aliphatic carbocycles. The van der Waals surface area contributed by atoms with Gasteiger partial charge in [0, 0.05) is 40.7 Å². The number of aryl methyl sites for hydroxylation is 1. The van der Waals surface area contributed by atoms with Crippen molar-refractivity contribution in [2.45, 2.75) is 37.9 Å². The number of hydrogen-bond donors (Lipinski definition) is 4. The summed E-state index contributed by atoms with van der Waals surface area (Å²) < 4.78 is 0. The van der Waals surface area contributed by atoms with Gasteiger partial charge in [-0.15, -0.1) is 0 Å². The molecule has 3 rings (SSSR count). The molecule has 6 nitrogen and oxygen atoms in total. The van der Waals surface area contributed by atoms with Crippen LogP contribution in [0.3, 0.4) is 0 Å². The number of nitrogens with one attached hydrogen (secondary N) is 2. The van der Waals surface area contributed by atoms with E-state index in [0.717, 1.165) is 11.1 Å². The summed E-state index contributed by atoms with van der Waals surface area (Å²) in [5.41, 5.74) is 8.84. The number of carbonyl (C=O) groups is 2. The van der Waals surface area contributed by atoms with Crippen molar-refractivity contribution < 1.29 is 14.7 Å². The van der Waals surface area contributed by atoms with Crippen molar-refractivity contribution in [3.8, 4) is 0 Å². The summed E-state index contributed by atoms with van der Waals surface area (Å²) in [6.45, 7) is 0.478. The molecule has 148 valence electrons. The van der Waals surface area contributed by atoms with Crippen LogP contribution in [0.25, 0.3) is 0 Å². The van der Waals surface area contributed by atoms with Gasteiger partial charge < -0.3 is 21.5 Å². The first-order chi connectivity index (χ1) is 13.4. The Balaban J connectivity index is 1.71. The molecule has 5 N–H and O–H groups in total. The van der Waals surface area contributed by atoms with E-state index in [2.05, 4.69) is 10.6 Å². The van der Waals surface area contributed by atoms with Gasteiger partial charge in [-0.05, 0) is 29.7 Å². The van der Waals surface area contributed by atoms with Gasteiger partial charge in [0.2, 0.25) is 5.91 Å². The third kappa shape index (κ3) is 4.76. The Bertz CT molecular complexity index is 887. The second-order valence-electron chi connectivity index (χ2n) is 6.76. The third-order valence-corrected chi connectivity index (χ3v) is 5.31. The number of anilines is 1. The van der Waals surface area contributed by atoms with E-state index in [0.29, 0.717) is 34.3 Å². The lowest BCUT2D eigenvalue weighted by molar-refractivity contribution is -0.138. The highest BCUT2D eigenvalue weighted by atomic mass is 35.5. The molecule has 28 heavy (non-hydrogen) atoms. The fraction of sp³-hybridized carbons (Fsp3) is 0.300. The molecule has 0 saturated heterocycles. The Hall–Kier alpha value is -2.28. The molecule has 2 aromatic carbocycles. The number of hydrogen-bond acceptors (Lipinski definition) is 4. The molecule has 0 fully saturated rings. The van der Waals surface area contributed by atoms with Crippen LogP contribution in [0.1, 0.15) is 35.6 Å². The van der Waals surface area contributed by atoms with Gasteiger partial charge in [-0.3, -0.25) is 4.79 Å². The Morgan fingerprint density at radius 1 is 1.18 bits per heavy atom. The van der Waals surface area contributed by atoms with E-state index < -0.39 is 18.1 Å². The summed E-state index contributed by atoms with van der Waals surface area (Å²) in [6.07, 6.45) is 1.05. The summed E-state index contributed by atoms with van der Waals surface area (Å²) in [4.78, 5) is 24.0. The van der Waals surface area contributed by atoms with Crippen molar-refractivity contribution in [2.75, 3.05) is 5.32 Å². The number of carbonyl (C=O) groups excluding carboxylic acids is 1. The Morgan fingerprint density at radius 3 is 2.50 bits per heavy atom. The highest BCUT2D eigenvalue weighted by Gasteiger charge is 2.33. The van der Waals surface area contributed by atoms with Gasteiger partial charge in [-0.2, -0.15) is 0 Å². The van der Waals surface area contributed by atoms with Crippen LogP contribution in [0, 0.1) is 0 Å². The molecule has 8 heteroatoms. The molecule has 0 aromatic heterocycles. The monoisotopic (exact) mass is 421 g/mol. The van der Waals surface area contributed by atoms with E-state index in [1.807, 2.05) is 24.3 Å². The summed E-state index contributed by atoms with van der Waals surface area (Å²) in [5, 5.41) is 16.0. The van der Waals surface area contributed by atoms with E-state index in [4.69, 9.17) is 28.9 Å². The van der Waals surface area contributed by atoms with Crippen LogP contribution in [-0.4, -0.2) is 23.0 Å². The average Bonchev–Trinajstić information content (AvgIpc) is 2.65. The summed E-state index contributed by atoms with van der Waals surface area (Å²) in [7, 11) is 0. The van der Waals surface area contributed by atoms with Crippen LogP contribution in [0.2, 0.25) is 10.0 Å². The molecule has 2 aromatic rings. The van der Waals surface area contributed by atoms with Crippen LogP contribution < -0.4 is 16.4 Å². The number of benzene rings is 2. The van der Waals surface area contributed by atoms with Crippen molar-refractivity contribution in [3.05, 3.63) is 63.1 Å². The molecular weight excluding hydrogens is 401 g/mol. The maximum absolute atomic E-state index is 12.5. The van der Waals surface area contributed by atoms with E-state index in [1.54, 1.807) is 12.1 Å². The molecule has 1 aliphatic rings. The van der Waals surface area contributed by atoms with Crippen LogP contribution >= 0.6 is 23.2 Å². The molecule has 1 amide bonds. The van der Waals surface area contributed by atoms with Crippen LogP contribution in [0.4, 0.5) is 5.69 Å². The van der Waals surface area contributed by atoms with Crippen molar-refractivity contribution >= 4 is 40.8 Å². The lowest BCUT2D eigenvalue weighted by atomic mass is 9.92. The number of rotatable bonds is 6. The minimum Gasteiger partial charge on any atom is -0.480 e. The summed E-state index contributed by atoms with van der Waals surface area (Å²) in [5.74, 6) is -1.17. The van der Waals surface area contributed by atoms with E-state index >= 15 is 0 Å². The second kappa shape index (κ2) is 8.82. The lowest BCUT2D eigenvalue weighted by Crippen LogP contribution is -2.41. The molecule has 0 spiro atoms. The zero-order valence-electron chi connectivity index (χ0n) is 15.0. The first-order valence-electron chi connectivity index (χ1n) is 8.93. The van der Waals surface area contributed by atoms with Gasteiger partial charge in [0.05, 0.1) is 6.04 Å². The van der Waals surface area contributed by atoms with E-state index in [9.17, 15) is 14.7 Å². The predicted molar refractivity (Wildman–Crippen MR) is 110 cm³/mol. The molecular formula is C20H21Cl2N3O3. The average molecular weight is 422 g/mol. The molecule has 0 saturated carbocycles. The molecule has 1 heterocycles. The van der Waals surface area contributed by atoms with Gasteiger partial charge in [0.15, 0.2) is 0 Å². The Morgan fingerprint density at radius 2 is 1.86 bits per heavy atom. The summed E-state index contributed by atoms with van der Waals surface area (Å²) >= 11 is 12.4. The molecule has 0 unspecified atom stereocenters. The van der Waals surface area contributed by atoms with Crippen molar-refractivity contribution in [2.24, 2.45) is 5.73 Å². The maximum Gasteiger partial charge on any atom is 0.326 e. The van der Waals surface area contributed by atoms with E-state index in [1.165, 1.54) is 0 Å². The van der Waals surface area contributed by atoms with Gasteiger partial charge in [-0.1, -0.05) is 47.5 Å². The fourth-order valence-corrected chi connectivity index (χ4v) is 3.94. The highest BCUT2D eigenvalue weighted by Crippen LogP contribution is 2.39. The van der Waals surface area contributed by atoms with Crippen molar-refractivity contribution in [1.29, 1.82) is 0 Å². The van der Waals surface area contributed by atoms with Crippen LogP contribution in [0.5, 0.6) is 0 Å². The number of fused-ring (bicyclic) bond motifs is 1. The number of carboxylic acid groups (broad SMARTS) is 1. The van der Waals surface area contributed by atoms with Crippen molar-refractivity contribution in [3.63, 3.8) is 0 Å². The SMILES string of the molecule is NCc1ccc(CCC(=O)N[C@H]2C[C@H](C(=O)O)Nc3cc(Cl)cc(Cl)c32)cc1. The Kier molecular flexibility index (Phi) is 6.44. The van der Waals surface area contributed by atoms with Gasteiger partial charge in [0.1, 0.15) is 6.04 Å². The van der Waals surface area contributed by atoms with Gasteiger partial charge >= 0.3 is 5.97 Å². The predicted octanol–water partition coefficient (Wildman–Crippen LogP) is 3.51. The molecule has 2 atom stereocenters. The highest BCUT2D eigenvalue weighted by molar-refractivity contribution is 6.35. The maximum atomic E-state index is 12.5. The molecule has 0 radical (unpaired) electrons. The zero-order chi connectivity index (χ0) is 20.3. The fourth-order valence-electron chi connectivity index (χ4n) is 3.32. The molecule has 0 bridgehead atoms. The lowest BCUT2D eigenvalue weighted by Gasteiger charge is -2.32. The number of aliphatic carboxylic acids is 1. The van der Waals surface area contributed by atoms with Crippen molar-refractivity contribution in [1.82, 2.24) is 5.32 Å². The number of nitrogens with two attached hydrogens (primary N) is 1. The van der Waals surface area contributed by atoms with Gasteiger partial charge in [-0.25, -0.2) is 4.79 Å². The van der Waals surface area contributed by atoms with Gasteiger partial charge in [0.25, 0.3) is 0 Å². The minimum absolute atomic E-state index is 0.170. The first-order valence-corrected chi connectivity index (χ1v) is 9.68. The Labute approximate surface area is 173 Å². The third-order valence-electron chi connectivity index (χ3n) is 4.78. The van der Waals surface area contributed by atoms with Crippen LogP contribution in [0.15, 0.2) is 36.4 Å². The minimum atomic E-state index is -0.999. The number of amides is 1. The zero-order valence-corrected chi connectivity index (χ0v) is 16.6. The number of halogens is 2. The standard InChI is InChI=1S/C20H21Cl2N3O3/c21-13-7-14(22)19-15(8-13)24-17(20(27)28)9-16(19)25-18(26)6-5-11-1-3-12(10-23)4-2-11/h1-4,7-8,16-17,24H,5-6,9-10,23H2,(H,25,26)(H,27,28)/t16-,17+/m0/s1. The largest absolute Gasteiger partial charge is 0.480 e. The normalized spacial score (nSPS) is 18.1.